The molecule has 0 radical (unpaired) electrons. The molecule has 0 heterocycles. The lowest BCUT2D eigenvalue weighted by atomic mass is 9.34. The Kier molecular flexibility index (Phi) is 5.24. The first-order valence-corrected chi connectivity index (χ1v) is 13.6. The average molecular weight is 478 g/mol. The number of fused-ring (bicyclic) bond motifs is 7. The zero-order chi connectivity index (χ0) is 25.6. The second-order valence-electron chi connectivity index (χ2n) is 13.4. The predicted molar refractivity (Wildman–Crippen MR) is 139 cm³/mol. The van der Waals surface area contributed by atoms with E-state index in [1.165, 1.54) is 17.6 Å². The summed E-state index contributed by atoms with van der Waals surface area (Å²) in [6.45, 7) is 16.3. The first-order valence-electron chi connectivity index (χ1n) is 13.6. The predicted octanol–water partition coefficient (Wildman–Crippen LogP) is 6.58. The zero-order valence-electron chi connectivity index (χ0n) is 22.8. The van der Waals surface area contributed by atoms with E-state index in [2.05, 4.69) is 46.8 Å². The van der Waals surface area contributed by atoms with Gasteiger partial charge in [-0.15, -0.1) is 0 Å². The summed E-state index contributed by atoms with van der Waals surface area (Å²) >= 11 is 0. The van der Waals surface area contributed by atoms with Crippen LogP contribution in [0.4, 0.5) is 0 Å². The molecule has 0 spiro atoms. The molecule has 35 heavy (non-hydrogen) atoms. The third-order valence-electron chi connectivity index (χ3n) is 11.7. The Labute approximate surface area is 211 Å². The molecule has 2 N–H and O–H groups in total. The summed E-state index contributed by atoms with van der Waals surface area (Å²) in [6.07, 6.45) is 13.8. The number of hydrogen-bond acceptors (Lipinski definition) is 3. The zero-order valence-corrected chi connectivity index (χ0v) is 22.8. The molecule has 5 aliphatic carbocycles. The van der Waals surface area contributed by atoms with E-state index in [0.717, 1.165) is 49.7 Å². The van der Waals surface area contributed by atoms with Gasteiger partial charge in [0.05, 0.1) is 6.61 Å². The molecule has 4 nitrogen and oxygen atoms in total. The minimum atomic E-state index is -0.421. The van der Waals surface area contributed by atoms with Gasteiger partial charge in [-0.3, -0.25) is 9.59 Å². The molecular formula is C31H43NO3. The van der Waals surface area contributed by atoms with Crippen molar-refractivity contribution in [3.05, 3.63) is 46.3 Å². The van der Waals surface area contributed by atoms with E-state index in [9.17, 15) is 9.59 Å². The van der Waals surface area contributed by atoms with Crippen molar-refractivity contribution in [3.63, 3.8) is 0 Å². The monoisotopic (exact) mass is 477 g/mol. The van der Waals surface area contributed by atoms with Gasteiger partial charge in [-0.2, -0.15) is 0 Å². The van der Waals surface area contributed by atoms with E-state index >= 15 is 0 Å². The fourth-order valence-electron chi connectivity index (χ4n) is 9.00. The minimum Gasteiger partial charge on any atom is -0.489 e. The van der Waals surface area contributed by atoms with Crippen LogP contribution < -0.4 is 5.73 Å². The number of ketones is 1. The van der Waals surface area contributed by atoms with Gasteiger partial charge in [-0.05, 0) is 98.2 Å². The van der Waals surface area contributed by atoms with Crippen LogP contribution in [0.1, 0.15) is 93.4 Å². The van der Waals surface area contributed by atoms with E-state index in [4.69, 9.17) is 10.5 Å². The van der Waals surface area contributed by atoms with Crippen molar-refractivity contribution in [1.82, 2.24) is 0 Å². The fourth-order valence-corrected chi connectivity index (χ4v) is 9.00. The molecular weight excluding hydrogens is 434 g/mol. The second kappa shape index (κ2) is 7.46. The van der Waals surface area contributed by atoms with E-state index < -0.39 is 5.41 Å². The summed E-state index contributed by atoms with van der Waals surface area (Å²) in [5.74, 6) is 0.803. The third-order valence-corrected chi connectivity index (χ3v) is 11.7. The first kappa shape index (κ1) is 24.6. The summed E-state index contributed by atoms with van der Waals surface area (Å²) in [7, 11) is 0. The van der Waals surface area contributed by atoms with E-state index in [1.54, 1.807) is 0 Å². The number of amides is 1. The number of carbonyl (C=O) groups excluding carboxylic acids is 2. The van der Waals surface area contributed by atoms with E-state index in [-0.39, 0.29) is 33.4 Å². The van der Waals surface area contributed by atoms with Crippen LogP contribution in [0.5, 0.6) is 0 Å². The van der Waals surface area contributed by atoms with Gasteiger partial charge in [0.25, 0.3) is 0 Å². The Morgan fingerprint density at radius 3 is 2.37 bits per heavy atom. The van der Waals surface area contributed by atoms with Crippen LogP contribution in [-0.2, 0) is 14.3 Å². The number of primary amides is 1. The lowest BCUT2D eigenvalue weighted by Crippen LogP contribution is -2.62. The molecule has 6 atom stereocenters. The molecule has 1 amide bonds. The molecule has 5 aliphatic rings. The van der Waals surface area contributed by atoms with Crippen molar-refractivity contribution in [3.8, 4) is 0 Å². The fraction of sp³-hybridized carbons (Fsp3) is 0.677. The quantitative estimate of drug-likeness (QED) is 0.499. The standard InChI is InChI=1S/C31H43NO3/c1-8-35-25-19(2)20-9-10-23-29(5,21(20)17-22(25)33)14-16-31(7)24-18-28(4,26(32)34)12-11-27(24,3)13-15-30(23,31)6/h9-10,17,24H,8,11-16,18H2,1-7H3,(H2,32,34)/t24-,27-,28-,29+,30?,31+/m1/s1. The molecule has 3 saturated carbocycles. The molecule has 0 aliphatic heterocycles. The third kappa shape index (κ3) is 3.04. The molecule has 0 saturated heterocycles. The van der Waals surface area contributed by atoms with Crippen LogP contribution in [-0.4, -0.2) is 18.3 Å². The number of ether oxygens (including phenoxy) is 1. The smallest absolute Gasteiger partial charge is 0.223 e. The molecule has 0 bridgehead atoms. The van der Waals surface area contributed by atoms with Gasteiger partial charge in [0, 0.05) is 16.4 Å². The van der Waals surface area contributed by atoms with Gasteiger partial charge in [0.2, 0.25) is 11.7 Å². The lowest BCUT2D eigenvalue weighted by molar-refractivity contribution is -0.167. The SMILES string of the molecule is CCOC1=C(C)C2=CC=C3C4(C)CC[C@@]5(C)CC[C@@](C)(C(N)=O)C[C@H]5[C@]4(C)CC[C@@]3(C)C2=CC1=O. The lowest BCUT2D eigenvalue weighted by Gasteiger charge is -2.70. The van der Waals surface area contributed by atoms with Gasteiger partial charge in [0.1, 0.15) is 0 Å². The summed E-state index contributed by atoms with van der Waals surface area (Å²) in [4.78, 5) is 25.6. The second-order valence-corrected chi connectivity index (χ2v) is 13.4. The van der Waals surface area contributed by atoms with Crippen LogP contribution in [0.2, 0.25) is 0 Å². The van der Waals surface area contributed by atoms with Gasteiger partial charge in [-0.25, -0.2) is 0 Å². The molecule has 190 valence electrons. The van der Waals surface area contributed by atoms with Crippen molar-refractivity contribution < 1.29 is 14.3 Å². The number of nitrogens with two attached hydrogens (primary N) is 1. The molecule has 4 heteroatoms. The Balaban J connectivity index is 1.62. The highest BCUT2D eigenvalue weighted by molar-refractivity contribution is 6.07. The number of hydrogen-bond donors (Lipinski definition) is 1. The maximum Gasteiger partial charge on any atom is 0.223 e. The Morgan fingerprint density at radius 2 is 1.71 bits per heavy atom. The van der Waals surface area contributed by atoms with Crippen molar-refractivity contribution in [2.45, 2.75) is 93.4 Å². The van der Waals surface area contributed by atoms with E-state index in [1.807, 2.05) is 19.9 Å². The largest absolute Gasteiger partial charge is 0.489 e. The normalized spacial score (nSPS) is 44.7. The van der Waals surface area contributed by atoms with Crippen LogP contribution >= 0.6 is 0 Å². The van der Waals surface area contributed by atoms with Crippen molar-refractivity contribution in [2.24, 2.45) is 38.7 Å². The molecule has 0 aromatic carbocycles. The van der Waals surface area contributed by atoms with Gasteiger partial charge >= 0.3 is 0 Å². The van der Waals surface area contributed by atoms with Crippen molar-refractivity contribution in [1.29, 1.82) is 0 Å². The Morgan fingerprint density at radius 1 is 1.03 bits per heavy atom. The molecule has 5 rings (SSSR count). The topological polar surface area (TPSA) is 69.4 Å². The van der Waals surface area contributed by atoms with Crippen molar-refractivity contribution >= 4 is 11.7 Å². The first-order chi connectivity index (χ1) is 16.3. The average Bonchev–Trinajstić information content (AvgIpc) is 2.80. The number of carbonyl (C=O) groups is 2. The van der Waals surface area contributed by atoms with Gasteiger partial charge < -0.3 is 10.5 Å². The number of rotatable bonds is 3. The maximum absolute atomic E-state index is 13.1. The maximum atomic E-state index is 13.1. The van der Waals surface area contributed by atoms with Crippen molar-refractivity contribution in [2.75, 3.05) is 6.61 Å². The van der Waals surface area contributed by atoms with Crippen LogP contribution in [0, 0.1) is 33.0 Å². The highest BCUT2D eigenvalue weighted by atomic mass is 16.5. The van der Waals surface area contributed by atoms with Crippen LogP contribution in [0.15, 0.2) is 46.3 Å². The molecule has 0 aromatic heterocycles. The summed E-state index contributed by atoms with van der Waals surface area (Å²) in [6, 6.07) is 0. The molecule has 0 aromatic rings. The highest BCUT2D eigenvalue weighted by Gasteiger charge is 2.67. The van der Waals surface area contributed by atoms with Gasteiger partial charge in [0.15, 0.2) is 5.76 Å². The minimum absolute atomic E-state index is 0.00168. The van der Waals surface area contributed by atoms with Gasteiger partial charge in [-0.1, -0.05) is 52.3 Å². The molecule has 3 fully saturated rings. The van der Waals surface area contributed by atoms with Crippen LogP contribution in [0.3, 0.4) is 0 Å². The summed E-state index contributed by atoms with van der Waals surface area (Å²) in [5.41, 5.74) is 10.5. The Hall–Kier alpha value is -2.10. The summed E-state index contributed by atoms with van der Waals surface area (Å²) in [5, 5.41) is 0. The summed E-state index contributed by atoms with van der Waals surface area (Å²) < 4.78 is 5.74. The highest BCUT2D eigenvalue weighted by Crippen LogP contribution is 2.75. The van der Waals surface area contributed by atoms with Crippen LogP contribution in [0.25, 0.3) is 0 Å². The Bertz CT molecular complexity index is 1140. The molecule has 1 unspecified atom stereocenters. The van der Waals surface area contributed by atoms with E-state index in [0.29, 0.717) is 18.3 Å². The number of allylic oxidation sites excluding steroid dienone is 7.